The normalized spacial score (nSPS) is 15.9. The van der Waals surface area contributed by atoms with Crippen molar-refractivity contribution in [3.05, 3.63) is 48.5 Å². The highest BCUT2D eigenvalue weighted by molar-refractivity contribution is 7.89. The molecule has 0 aliphatic carbocycles. The van der Waals surface area contributed by atoms with Gasteiger partial charge < -0.3 is 9.47 Å². The van der Waals surface area contributed by atoms with Crippen molar-refractivity contribution in [3.63, 3.8) is 0 Å². The summed E-state index contributed by atoms with van der Waals surface area (Å²) >= 11 is 0. The Kier molecular flexibility index (Phi) is 6.51. The van der Waals surface area contributed by atoms with Gasteiger partial charge in [-0.05, 0) is 43.0 Å². The summed E-state index contributed by atoms with van der Waals surface area (Å²) in [6.07, 6.45) is 7.48. The van der Waals surface area contributed by atoms with E-state index in [2.05, 4.69) is 9.55 Å². The van der Waals surface area contributed by atoms with Crippen LogP contribution in [0.3, 0.4) is 0 Å². The maximum Gasteiger partial charge on any atom is 0.253 e. The van der Waals surface area contributed by atoms with Gasteiger partial charge in [0.2, 0.25) is 10.0 Å². The third-order valence-corrected chi connectivity index (χ3v) is 7.44. The van der Waals surface area contributed by atoms with Gasteiger partial charge >= 0.3 is 0 Å². The molecule has 152 valence electrons. The predicted molar refractivity (Wildman–Crippen MR) is 107 cm³/mol. The lowest BCUT2D eigenvalue weighted by atomic mass is 9.96. The minimum Gasteiger partial charge on any atom is -0.339 e. The minimum atomic E-state index is -3.50. The van der Waals surface area contributed by atoms with E-state index in [-0.39, 0.29) is 10.8 Å². The number of imidazole rings is 1. The number of hydrogen-bond acceptors (Lipinski definition) is 4. The molecule has 3 rings (SSSR count). The molecule has 0 unspecified atom stereocenters. The first-order valence-corrected chi connectivity index (χ1v) is 11.2. The van der Waals surface area contributed by atoms with Crippen molar-refractivity contribution >= 4 is 15.9 Å². The number of sulfonamides is 1. The van der Waals surface area contributed by atoms with Crippen molar-refractivity contribution < 1.29 is 13.2 Å². The lowest BCUT2D eigenvalue weighted by molar-refractivity contribution is 0.0683. The highest BCUT2D eigenvalue weighted by Gasteiger charge is 2.25. The van der Waals surface area contributed by atoms with E-state index in [1.54, 1.807) is 18.3 Å². The van der Waals surface area contributed by atoms with E-state index >= 15 is 0 Å². The van der Waals surface area contributed by atoms with E-state index in [4.69, 9.17) is 0 Å². The third-order valence-electron chi connectivity index (χ3n) is 5.37. The van der Waals surface area contributed by atoms with Gasteiger partial charge in [-0.2, -0.15) is 4.31 Å². The molecule has 0 N–H and O–H groups in total. The first-order valence-electron chi connectivity index (χ1n) is 9.81. The number of carbonyl (C=O) groups excluding carboxylic acids is 1. The Morgan fingerprint density at radius 1 is 1.14 bits per heavy atom. The van der Waals surface area contributed by atoms with E-state index in [9.17, 15) is 13.2 Å². The number of nitrogens with zero attached hydrogens (tertiary/aromatic N) is 4. The maximum atomic E-state index is 12.8. The average molecular weight is 405 g/mol. The molecular weight excluding hydrogens is 376 g/mol. The van der Waals surface area contributed by atoms with E-state index < -0.39 is 10.0 Å². The standard InChI is InChI=1S/C20H28N4O3S/c1-3-24(4-2)28(26,27)19-7-5-18(6-8-19)20(25)23-12-9-17(10-13-23)15-22-14-11-21-16-22/h5-8,11,14,16-17H,3-4,9-10,12-13,15H2,1-2H3. The lowest BCUT2D eigenvalue weighted by Crippen LogP contribution is -2.39. The van der Waals surface area contributed by atoms with Crippen LogP contribution in [0.25, 0.3) is 0 Å². The van der Waals surface area contributed by atoms with Crippen molar-refractivity contribution in [1.82, 2.24) is 18.8 Å². The predicted octanol–water partition coefficient (Wildman–Crippen LogP) is 2.47. The van der Waals surface area contributed by atoms with E-state index in [1.807, 2.05) is 31.3 Å². The molecule has 1 amide bonds. The summed E-state index contributed by atoms with van der Waals surface area (Å²) in [4.78, 5) is 18.9. The summed E-state index contributed by atoms with van der Waals surface area (Å²) in [5.74, 6) is 0.507. The molecule has 0 radical (unpaired) electrons. The molecule has 7 nitrogen and oxygen atoms in total. The van der Waals surface area contributed by atoms with Crippen LogP contribution in [-0.4, -0.2) is 59.3 Å². The molecule has 1 saturated heterocycles. The molecule has 1 aliphatic heterocycles. The zero-order valence-corrected chi connectivity index (χ0v) is 17.3. The van der Waals surface area contributed by atoms with Crippen LogP contribution in [0.5, 0.6) is 0 Å². The number of amides is 1. The molecule has 0 spiro atoms. The topological polar surface area (TPSA) is 75.5 Å². The fourth-order valence-electron chi connectivity index (χ4n) is 3.68. The van der Waals surface area contributed by atoms with Gasteiger partial charge in [-0.25, -0.2) is 13.4 Å². The van der Waals surface area contributed by atoms with Gasteiger partial charge in [-0.1, -0.05) is 13.8 Å². The van der Waals surface area contributed by atoms with Crippen molar-refractivity contribution in [1.29, 1.82) is 0 Å². The summed E-state index contributed by atoms with van der Waals surface area (Å²) in [5.41, 5.74) is 0.534. The minimum absolute atomic E-state index is 0.0344. The zero-order valence-electron chi connectivity index (χ0n) is 16.5. The largest absolute Gasteiger partial charge is 0.339 e. The van der Waals surface area contributed by atoms with Crippen molar-refractivity contribution in [3.8, 4) is 0 Å². The molecule has 0 bridgehead atoms. The quantitative estimate of drug-likeness (QED) is 0.710. The number of hydrogen-bond donors (Lipinski definition) is 0. The molecule has 8 heteroatoms. The molecule has 28 heavy (non-hydrogen) atoms. The van der Waals surface area contributed by atoms with Gasteiger partial charge in [0.15, 0.2) is 0 Å². The van der Waals surface area contributed by atoms with Crippen molar-refractivity contribution in [2.75, 3.05) is 26.2 Å². The van der Waals surface area contributed by atoms with Gasteiger partial charge in [-0.3, -0.25) is 4.79 Å². The molecule has 2 heterocycles. The number of benzene rings is 1. The van der Waals surface area contributed by atoms with Crippen LogP contribution in [0.15, 0.2) is 47.9 Å². The Morgan fingerprint density at radius 3 is 2.32 bits per heavy atom. The Bertz CT molecular complexity index is 867. The summed E-state index contributed by atoms with van der Waals surface area (Å²) in [5, 5.41) is 0. The van der Waals surface area contributed by atoms with Crippen molar-refractivity contribution in [2.45, 2.75) is 38.1 Å². The molecule has 1 aromatic heterocycles. The van der Waals surface area contributed by atoms with Gasteiger partial charge in [0.1, 0.15) is 0 Å². The van der Waals surface area contributed by atoms with Gasteiger partial charge in [0.25, 0.3) is 5.91 Å². The number of piperidine rings is 1. The SMILES string of the molecule is CCN(CC)S(=O)(=O)c1ccc(C(=O)N2CCC(Cn3ccnc3)CC2)cc1. The first kappa shape index (κ1) is 20.5. The zero-order chi connectivity index (χ0) is 20.1. The second-order valence-electron chi connectivity index (χ2n) is 7.11. The monoisotopic (exact) mass is 404 g/mol. The smallest absolute Gasteiger partial charge is 0.253 e. The molecule has 0 atom stereocenters. The van der Waals surface area contributed by atoms with E-state index in [1.165, 1.54) is 16.4 Å². The maximum absolute atomic E-state index is 12.8. The summed E-state index contributed by atoms with van der Waals surface area (Å²) < 4.78 is 28.6. The summed E-state index contributed by atoms with van der Waals surface area (Å²) in [6, 6.07) is 6.31. The Hall–Kier alpha value is -2.19. The van der Waals surface area contributed by atoms with E-state index in [0.29, 0.717) is 24.6 Å². The lowest BCUT2D eigenvalue weighted by Gasteiger charge is -2.32. The van der Waals surface area contributed by atoms with Gasteiger partial charge in [0.05, 0.1) is 11.2 Å². The van der Waals surface area contributed by atoms with Crippen LogP contribution >= 0.6 is 0 Å². The Labute approximate surface area is 167 Å². The number of carbonyl (C=O) groups is 1. The third kappa shape index (κ3) is 4.44. The molecule has 1 fully saturated rings. The van der Waals surface area contributed by atoms with Crippen molar-refractivity contribution in [2.24, 2.45) is 5.92 Å². The van der Waals surface area contributed by atoms with Crippen LogP contribution in [0.2, 0.25) is 0 Å². The molecule has 1 aliphatic rings. The fraction of sp³-hybridized carbons (Fsp3) is 0.500. The fourth-order valence-corrected chi connectivity index (χ4v) is 5.13. The summed E-state index contributed by atoms with van der Waals surface area (Å²) in [6.45, 7) is 6.85. The molecule has 2 aromatic rings. The van der Waals surface area contributed by atoms with Gasteiger partial charge in [-0.15, -0.1) is 0 Å². The molecule has 1 aromatic carbocycles. The molecular formula is C20H28N4O3S. The van der Waals surface area contributed by atoms with Crippen LogP contribution in [0, 0.1) is 5.92 Å². The second kappa shape index (κ2) is 8.87. The number of aromatic nitrogens is 2. The molecule has 0 saturated carbocycles. The van der Waals surface area contributed by atoms with Gasteiger partial charge in [0, 0.05) is 50.7 Å². The van der Waals surface area contributed by atoms with Crippen LogP contribution in [0.1, 0.15) is 37.0 Å². The highest BCUT2D eigenvalue weighted by Crippen LogP contribution is 2.22. The van der Waals surface area contributed by atoms with Crippen LogP contribution < -0.4 is 0 Å². The average Bonchev–Trinajstić information content (AvgIpc) is 3.22. The Balaban J connectivity index is 1.61. The van der Waals surface area contributed by atoms with Crippen LogP contribution in [-0.2, 0) is 16.6 Å². The Morgan fingerprint density at radius 2 is 1.79 bits per heavy atom. The highest BCUT2D eigenvalue weighted by atomic mass is 32.2. The first-order chi connectivity index (χ1) is 13.5. The van der Waals surface area contributed by atoms with Crippen LogP contribution in [0.4, 0.5) is 0 Å². The number of likely N-dealkylation sites (tertiary alicyclic amines) is 1. The summed E-state index contributed by atoms with van der Waals surface area (Å²) in [7, 11) is -3.50. The van der Waals surface area contributed by atoms with E-state index in [0.717, 1.165) is 32.5 Å². The second-order valence-corrected chi connectivity index (χ2v) is 9.05. The number of rotatable bonds is 7.